The number of rotatable bonds is 6. The van der Waals surface area contributed by atoms with Gasteiger partial charge >= 0.3 is 0 Å². The van der Waals surface area contributed by atoms with Crippen LogP contribution in [0.5, 0.6) is 17.2 Å². The van der Waals surface area contributed by atoms with Crippen molar-refractivity contribution in [2.24, 2.45) is 0 Å². The van der Waals surface area contributed by atoms with Crippen LogP contribution in [0.15, 0.2) is 47.4 Å². The fourth-order valence-corrected chi connectivity index (χ4v) is 3.49. The van der Waals surface area contributed by atoms with Gasteiger partial charge in [0, 0.05) is 0 Å². The molecule has 0 N–H and O–H groups in total. The van der Waals surface area contributed by atoms with E-state index in [0.29, 0.717) is 33.4 Å². The van der Waals surface area contributed by atoms with Gasteiger partial charge in [-0.1, -0.05) is 24.1 Å². The molecule has 0 saturated carbocycles. The topological polar surface area (TPSA) is 65.1 Å². The summed E-state index contributed by atoms with van der Waals surface area (Å²) in [5.41, 5.74) is 1.10. The molecule has 1 aliphatic heterocycles. The van der Waals surface area contributed by atoms with Crippen LogP contribution in [-0.4, -0.2) is 32.0 Å². The molecule has 2 amide bonds. The number of terminal acetylenes is 1. The van der Waals surface area contributed by atoms with E-state index >= 15 is 0 Å². The number of nitrogens with zero attached hydrogens (tertiary/aromatic N) is 1. The Morgan fingerprint density at radius 3 is 2.54 bits per heavy atom. The van der Waals surface area contributed by atoms with Gasteiger partial charge in [0.1, 0.15) is 12.4 Å². The molecule has 0 unspecified atom stereocenters. The SMILES string of the molecule is C#CCOc1ccc(/C=C2\SC(=O)N(c3ccccc3OC)C2=O)cc1OC. The van der Waals surface area contributed by atoms with Crippen LogP contribution in [-0.2, 0) is 4.79 Å². The number of hydrogen-bond acceptors (Lipinski definition) is 6. The van der Waals surface area contributed by atoms with Crippen LogP contribution in [0.3, 0.4) is 0 Å². The van der Waals surface area contributed by atoms with Crippen molar-refractivity contribution in [2.75, 3.05) is 25.7 Å². The summed E-state index contributed by atoms with van der Waals surface area (Å²) in [7, 11) is 3.00. The Morgan fingerprint density at radius 1 is 1.07 bits per heavy atom. The molecule has 0 atom stereocenters. The number of hydrogen-bond donors (Lipinski definition) is 0. The van der Waals surface area contributed by atoms with E-state index in [1.165, 1.54) is 14.2 Å². The van der Waals surface area contributed by atoms with Gasteiger partial charge in [-0.05, 0) is 47.7 Å². The smallest absolute Gasteiger partial charge is 0.298 e. The van der Waals surface area contributed by atoms with Crippen molar-refractivity contribution in [3.63, 3.8) is 0 Å². The molecule has 0 aliphatic carbocycles. The fraction of sp³-hybridized carbons (Fsp3) is 0.143. The normalized spacial score (nSPS) is 14.9. The summed E-state index contributed by atoms with van der Waals surface area (Å²) in [6.07, 6.45) is 6.84. The van der Waals surface area contributed by atoms with Crippen molar-refractivity contribution in [2.45, 2.75) is 0 Å². The lowest BCUT2D eigenvalue weighted by Gasteiger charge is -2.15. The Kier molecular flexibility index (Phi) is 5.92. The van der Waals surface area contributed by atoms with Gasteiger partial charge < -0.3 is 14.2 Å². The lowest BCUT2D eigenvalue weighted by atomic mass is 10.1. The number of para-hydroxylation sites is 2. The molecule has 7 heteroatoms. The minimum Gasteiger partial charge on any atom is -0.495 e. The Labute approximate surface area is 167 Å². The molecular formula is C21H17NO5S. The Morgan fingerprint density at radius 2 is 1.82 bits per heavy atom. The second-order valence-electron chi connectivity index (χ2n) is 5.59. The van der Waals surface area contributed by atoms with Gasteiger partial charge in [0.15, 0.2) is 11.5 Å². The van der Waals surface area contributed by atoms with Gasteiger partial charge in [0.05, 0.1) is 24.8 Å². The maximum Gasteiger partial charge on any atom is 0.298 e. The molecule has 1 fully saturated rings. The standard InChI is InChI=1S/C21H17NO5S/c1-4-11-27-17-10-9-14(12-18(17)26-3)13-19-20(23)22(21(24)28-19)15-7-5-6-8-16(15)25-2/h1,5-10,12-13H,11H2,2-3H3/b19-13-. The van der Waals surface area contributed by atoms with Crippen molar-refractivity contribution in [1.29, 1.82) is 0 Å². The van der Waals surface area contributed by atoms with Crippen LogP contribution >= 0.6 is 11.8 Å². The molecule has 1 saturated heterocycles. The maximum absolute atomic E-state index is 12.8. The van der Waals surface area contributed by atoms with Gasteiger partial charge in [0.25, 0.3) is 11.1 Å². The van der Waals surface area contributed by atoms with E-state index in [4.69, 9.17) is 20.6 Å². The van der Waals surface area contributed by atoms with E-state index in [1.807, 2.05) is 0 Å². The zero-order chi connectivity index (χ0) is 20.1. The van der Waals surface area contributed by atoms with Crippen molar-refractivity contribution < 1.29 is 23.8 Å². The molecule has 1 heterocycles. The lowest BCUT2D eigenvalue weighted by Crippen LogP contribution is -2.28. The molecule has 142 valence electrons. The molecule has 1 aliphatic rings. The predicted molar refractivity (Wildman–Crippen MR) is 109 cm³/mol. The minimum absolute atomic E-state index is 0.119. The number of anilines is 1. The summed E-state index contributed by atoms with van der Waals surface area (Å²) in [5, 5.41) is -0.387. The zero-order valence-electron chi connectivity index (χ0n) is 15.3. The van der Waals surface area contributed by atoms with Gasteiger partial charge in [-0.3, -0.25) is 9.59 Å². The maximum atomic E-state index is 12.8. The van der Waals surface area contributed by atoms with Crippen molar-refractivity contribution in [3.05, 3.63) is 52.9 Å². The van der Waals surface area contributed by atoms with E-state index in [9.17, 15) is 9.59 Å². The lowest BCUT2D eigenvalue weighted by molar-refractivity contribution is -0.113. The number of benzene rings is 2. The van der Waals surface area contributed by atoms with Crippen molar-refractivity contribution >= 4 is 34.7 Å². The number of thioether (sulfide) groups is 1. The Hall–Kier alpha value is -3.37. The highest BCUT2D eigenvalue weighted by Crippen LogP contribution is 2.40. The molecule has 0 aromatic heterocycles. The largest absolute Gasteiger partial charge is 0.495 e. The van der Waals surface area contributed by atoms with Gasteiger partial charge in [-0.15, -0.1) is 6.42 Å². The van der Waals surface area contributed by atoms with Crippen molar-refractivity contribution in [3.8, 4) is 29.6 Å². The van der Waals surface area contributed by atoms with Crippen LogP contribution in [0, 0.1) is 12.3 Å². The summed E-state index contributed by atoms with van der Waals surface area (Å²) < 4.78 is 16.0. The Balaban J connectivity index is 1.91. The van der Waals surface area contributed by atoms with Gasteiger partial charge in [-0.25, -0.2) is 4.90 Å². The monoisotopic (exact) mass is 395 g/mol. The average Bonchev–Trinajstić information content (AvgIpc) is 2.99. The molecular weight excluding hydrogens is 378 g/mol. The van der Waals surface area contributed by atoms with E-state index in [-0.39, 0.29) is 11.8 Å². The van der Waals surface area contributed by atoms with Crippen LogP contribution in [0.4, 0.5) is 10.5 Å². The third kappa shape index (κ3) is 3.82. The molecule has 0 bridgehead atoms. The third-order valence-electron chi connectivity index (χ3n) is 3.92. The number of methoxy groups -OCH3 is 2. The predicted octanol–water partition coefficient (Wildman–Crippen LogP) is 3.96. The minimum atomic E-state index is -0.411. The van der Waals surface area contributed by atoms with Crippen LogP contribution < -0.4 is 19.1 Å². The summed E-state index contributed by atoms with van der Waals surface area (Å²) in [5.74, 6) is 3.41. The first-order chi connectivity index (χ1) is 13.6. The second kappa shape index (κ2) is 8.55. The highest BCUT2D eigenvalue weighted by atomic mass is 32.2. The summed E-state index contributed by atoms with van der Waals surface area (Å²) in [4.78, 5) is 26.7. The molecule has 6 nitrogen and oxygen atoms in total. The third-order valence-corrected chi connectivity index (χ3v) is 4.79. The molecule has 0 spiro atoms. The molecule has 2 aromatic carbocycles. The van der Waals surface area contributed by atoms with E-state index in [1.54, 1.807) is 48.5 Å². The van der Waals surface area contributed by atoms with Crippen molar-refractivity contribution in [1.82, 2.24) is 0 Å². The molecule has 0 radical (unpaired) electrons. The number of amides is 2. The molecule has 28 heavy (non-hydrogen) atoms. The number of ether oxygens (including phenoxy) is 3. The average molecular weight is 395 g/mol. The first-order valence-electron chi connectivity index (χ1n) is 8.24. The van der Waals surface area contributed by atoms with E-state index in [2.05, 4.69) is 5.92 Å². The highest BCUT2D eigenvalue weighted by Gasteiger charge is 2.37. The first kappa shape index (κ1) is 19.4. The highest BCUT2D eigenvalue weighted by molar-refractivity contribution is 8.19. The fourth-order valence-electron chi connectivity index (χ4n) is 2.65. The summed E-state index contributed by atoms with van der Waals surface area (Å²) >= 11 is 0.867. The van der Waals surface area contributed by atoms with Gasteiger partial charge in [0.2, 0.25) is 0 Å². The van der Waals surface area contributed by atoms with Crippen LogP contribution in [0.25, 0.3) is 6.08 Å². The zero-order valence-corrected chi connectivity index (χ0v) is 16.1. The number of carbonyl (C=O) groups is 2. The van der Waals surface area contributed by atoms with Gasteiger partial charge in [-0.2, -0.15) is 0 Å². The van der Waals surface area contributed by atoms with E-state index < -0.39 is 5.91 Å². The number of carbonyl (C=O) groups excluding carboxylic acids is 2. The van der Waals surface area contributed by atoms with E-state index in [0.717, 1.165) is 16.7 Å². The van der Waals surface area contributed by atoms with Crippen LogP contribution in [0.2, 0.25) is 0 Å². The molecule has 2 aromatic rings. The molecule has 3 rings (SSSR count). The summed E-state index contributed by atoms with van der Waals surface area (Å²) in [6.45, 7) is 0.119. The number of imide groups is 1. The first-order valence-corrected chi connectivity index (χ1v) is 9.06. The second-order valence-corrected chi connectivity index (χ2v) is 6.59. The van der Waals surface area contributed by atoms with Crippen LogP contribution in [0.1, 0.15) is 5.56 Å². The summed E-state index contributed by atoms with van der Waals surface area (Å²) in [6, 6.07) is 12.0. The Bertz CT molecular complexity index is 993. The quantitative estimate of drug-likeness (QED) is 0.545.